The van der Waals surface area contributed by atoms with E-state index in [1.807, 2.05) is 12.1 Å². The zero-order valence-electron chi connectivity index (χ0n) is 19.3. The van der Waals surface area contributed by atoms with Crippen molar-refractivity contribution in [1.29, 1.82) is 0 Å². The smallest absolute Gasteiger partial charge is 0.321 e. The fourth-order valence-electron chi connectivity index (χ4n) is 3.87. The Bertz CT molecular complexity index is 1300. The highest BCUT2D eigenvalue weighted by Crippen LogP contribution is 2.32. The van der Waals surface area contributed by atoms with E-state index in [4.69, 9.17) is 0 Å². The normalized spacial score (nSPS) is 14.4. The summed E-state index contributed by atoms with van der Waals surface area (Å²) in [4.78, 5) is 33.3. The number of benzene rings is 2. The maximum atomic E-state index is 13.1. The van der Waals surface area contributed by atoms with Gasteiger partial charge in [0.25, 0.3) is 5.91 Å². The highest BCUT2D eigenvalue weighted by atomic mass is 32.1. The third kappa shape index (κ3) is 6.06. The second-order valence-electron chi connectivity index (χ2n) is 8.21. The number of anilines is 1. The van der Waals surface area contributed by atoms with Crippen LogP contribution in [0.3, 0.4) is 0 Å². The first-order valence-corrected chi connectivity index (χ1v) is 12.2. The Morgan fingerprint density at radius 3 is 2.47 bits per heavy atom. The number of aliphatic imine (C=N–C) groups is 1. The van der Waals surface area contributed by atoms with Crippen molar-refractivity contribution in [2.45, 2.75) is 38.3 Å². The van der Waals surface area contributed by atoms with Crippen LogP contribution in [0.2, 0.25) is 0 Å². The molecule has 2 heterocycles. The molecule has 0 radical (unpaired) electrons. The molecule has 3 aromatic rings. The Balaban J connectivity index is 1.40. The number of nitrogens with one attached hydrogen (secondary N) is 2. The number of hydrogen-bond acceptors (Lipinski definition) is 5. The number of halogens is 3. The Hall–Kier alpha value is -3.79. The molecule has 0 aliphatic carbocycles. The van der Waals surface area contributed by atoms with Crippen molar-refractivity contribution in [1.82, 2.24) is 10.3 Å². The summed E-state index contributed by atoms with van der Waals surface area (Å²) in [5.74, 6) is -0.900. The summed E-state index contributed by atoms with van der Waals surface area (Å²) in [5.41, 5.74) is 4.05. The molecule has 6 nitrogen and oxygen atoms in total. The number of alkyl halides is 3. The maximum Gasteiger partial charge on any atom is 0.416 e. The standard InChI is InChI=1S/C26H23F3N4O2S/c1-2-21(17-4-3-5-19(12-17)26(27,28)29)24(34)33-23-11-8-18(13-30-23)16-6-9-20(10-7-16)32-25(35)22-14-36-15-31-22/h3-7,9-10,12-15,21H,2,8,11H2,1H3,(H,32,35)(H,30,33,34). The Morgan fingerprint density at radius 2 is 1.86 bits per heavy atom. The topological polar surface area (TPSA) is 83.5 Å². The second kappa shape index (κ2) is 10.9. The van der Waals surface area contributed by atoms with E-state index in [1.54, 1.807) is 36.1 Å². The number of carbonyl (C=O) groups is 2. The average Bonchev–Trinajstić information content (AvgIpc) is 3.41. The summed E-state index contributed by atoms with van der Waals surface area (Å²) in [6.07, 6.45) is -1.33. The van der Waals surface area contributed by atoms with Crippen molar-refractivity contribution in [3.05, 3.63) is 88.0 Å². The van der Waals surface area contributed by atoms with Gasteiger partial charge in [0.15, 0.2) is 0 Å². The molecule has 2 aromatic carbocycles. The van der Waals surface area contributed by atoms with Gasteiger partial charge in [0.1, 0.15) is 11.5 Å². The number of rotatable bonds is 6. The Morgan fingerprint density at radius 1 is 1.08 bits per heavy atom. The minimum atomic E-state index is -4.47. The lowest BCUT2D eigenvalue weighted by molar-refractivity contribution is -0.137. The quantitative estimate of drug-likeness (QED) is 0.409. The van der Waals surface area contributed by atoms with Crippen LogP contribution in [-0.2, 0) is 11.0 Å². The van der Waals surface area contributed by atoms with E-state index < -0.39 is 17.7 Å². The minimum absolute atomic E-state index is 0.276. The molecule has 36 heavy (non-hydrogen) atoms. The van der Waals surface area contributed by atoms with Crippen LogP contribution in [0.1, 0.15) is 59.3 Å². The Kier molecular flexibility index (Phi) is 7.64. The summed E-state index contributed by atoms with van der Waals surface area (Å²) < 4.78 is 39.2. The van der Waals surface area contributed by atoms with Gasteiger partial charge in [0, 0.05) is 23.7 Å². The Labute approximate surface area is 210 Å². The largest absolute Gasteiger partial charge is 0.416 e. The molecule has 1 aliphatic rings. The first-order valence-electron chi connectivity index (χ1n) is 11.3. The predicted molar refractivity (Wildman–Crippen MR) is 134 cm³/mol. The highest BCUT2D eigenvalue weighted by molar-refractivity contribution is 7.07. The lowest BCUT2D eigenvalue weighted by atomic mass is 9.93. The second-order valence-corrected chi connectivity index (χ2v) is 8.93. The van der Waals surface area contributed by atoms with Crippen LogP contribution < -0.4 is 10.6 Å². The molecule has 2 N–H and O–H groups in total. The van der Waals surface area contributed by atoms with Gasteiger partial charge >= 0.3 is 6.18 Å². The zero-order chi connectivity index (χ0) is 25.7. The van der Waals surface area contributed by atoms with Crippen molar-refractivity contribution < 1.29 is 22.8 Å². The summed E-state index contributed by atoms with van der Waals surface area (Å²) in [7, 11) is 0. The van der Waals surface area contributed by atoms with E-state index >= 15 is 0 Å². The highest BCUT2D eigenvalue weighted by Gasteiger charge is 2.31. The molecule has 10 heteroatoms. The molecule has 0 saturated carbocycles. The van der Waals surface area contributed by atoms with Gasteiger partial charge < -0.3 is 10.6 Å². The van der Waals surface area contributed by atoms with Crippen LogP contribution in [0.25, 0.3) is 5.57 Å². The van der Waals surface area contributed by atoms with Crippen LogP contribution in [0.5, 0.6) is 0 Å². The lowest BCUT2D eigenvalue weighted by Crippen LogP contribution is -2.35. The number of nitrogens with zero attached hydrogens (tertiary/aromatic N) is 2. The number of thiazole rings is 1. The minimum Gasteiger partial charge on any atom is -0.321 e. The van der Waals surface area contributed by atoms with E-state index in [-0.39, 0.29) is 11.8 Å². The molecule has 1 unspecified atom stereocenters. The first-order chi connectivity index (χ1) is 17.2. The van der Waals surface area contributed by atoms with Gasteiger partial charge in [-0.25, -0.2) is 9.98 Å². The third-order valence-corrected chi connectivity index (χ3v) is 6.38. The van der Waals surface area contributed by atoms with Crippen LogP contribution in [-0.4, -0.2) is 22.6 Å². The van der Waals surface area contributed by atoms with E-state index in [0.717, 1.165) is 23.3 Å². The molecule has 1 aromatic heterocycles. The number of allylic oxidation sites excluding steroid dienone is 1. The van der Waals surface area contributed by atoms with Gasteiger partial charge in [-0.3, -0.25) is 9.59 Å². The van der Waals surface area contributed by atoms with Gasteiger partial charge in [-0.2, -0.15) is 13.2 Å². The molecular formula is C26H23F3N4O2S. The van der Waals surface area contributed by atoms with Crippen LogP contribution in [0.4, 0.5) is 18.9 Å². The molecular weight excluding hydrogens is 489 g/mol. The average molecular weight is 513 g/mol. The van der Waals surface area contributed by atoms with E-state index in [1.165, 1.54) is 23.5 Å². The summed E-state index contributed by atoms with van der Waals surface area (Å²) in [5, 5.41) is 7.24. The van der Waals surface area contributed by atoms with Crippen LogP contribution in [0.15, 0.2) is 70.6 Å². The number of amidine groups is 1. The third-order valence-electron chi connectivity index (χ3n) is 5.79. The van der Waals surface area contributed by atoms with Gasteiger partial charge in [-0.1, -0.05) is 37.3 Å². The molecule has 186 valence electrons. The summed E-state index contributed by atoms with van der Waals surface area (Å²) >= 11 is 1.35. The van der Waals surface area contributed by atoms with Crippen molar-refractivity contribution in [2.75, 3.05) is 5.32 Å². The molecule has 0 saturated heterocycles. The molecule has 0 spiro atoms. The predicted octanol–water partition coefficient (Wildman–Crippen LogP) is 6.26. The van der Waals surface area contributed by atoms with Crippen LogP contribution >= 0.6 is 11.3 Å². The fourth-order valence-corrected chi connectivity index (χ4v) is 4.40. The van der Waals surface area contributed by atoms with Gasteiger partial charge in [-0.15, -0.1) is 11.3 Å². The summed E-state index contributed by atoms with van der Waals surface area (Å²) in [6, 6.07) is 12.2. The van der Waals surface area contributed by atoms with E-state index in [2.05, 4.69) is 20.6 Å². The number of carbonyl (C=O) groups excluding carboxylic acids is 2. The molecule has 0 fully saturated rings. The van der Waals surface area contributed by atoms with Crippen molar-refractivity contribution >= 4 is 40.2 Å². The van der Waals surface area contributed by atoms with Crippen molar-refractivity contribution in [3.63, 3.8) is 0 Å². The fraction of sp³-hybridized carbons (Fsp3) is 0.231. The summed E-state index contributed by atoms with van der Waals surface area (Å²) in [6.45, 7) is 1.76. The monoisotopic (exact) mass is 512 g/mol. The molecule has 0 bridgehead atoms. The number of aromatic nitrogens is 1. The maximum absolute atomic E-state index is 13.1. The molecule has 1 atom stereocenters. The number of amides is 2. The van der Waals surface area contributed by atoms with Crippen molar-refractivity contribution in [3.8, 4) is 0 Å². The van der Waals surface area contributed by atoms with Crippen LogP contribution in [0, 0.1) is 0 Å². The molecule has 4 rings (SSSR count). The van der Waals surface area contributed by atoms with E-state index in [9.17, 15) is 22.8 Å². The van der Waals surface area contributed by atoms with Gasteiger partial charge in [0.05, 0.1) is 17.0 Å². The van der Waals surface area contributed by atoms with Crippen molar-refractivity contribution in [2.24, 2.45) is 4.99 Å². The number of hydrogen-bond donors (Lipinski definition) is 2. The van der Waals surface area contributed by atoms with Gasteiger partial charge in [-0.05, 0) is 47.7 Å². The van der Waals surface area contributed by atoms with Gasteiger partial charge in [0.2, 0.25) is 5.91 Å². The lowest BCUT2D eigenvalue weighted by Gasteiger charge is -2.19. The molecule has 2 amide bonds. The molecule has 1 aliphatic heterocycles. The zero-order valence-corrected chi connectivity index (χ0v) is 20.1. The van der Waals surface area contributed by atoms with E-state index in [0.29, 0.717) is 42.0 Å². The SMILES string of the molecule is CCC(C(=O)NC1=NC=C(c2ccc(NC(=O)c3cscn3)cc2)CC1)c1cccc(C(F)(F)F)c1. The first kappa shape index (κ1) is 25.3.